The van der Waals surface area contributed by atoms with Crippen LogP contribution in [0.5, 0.6) is 0 Å². The van der Waals surface area contributed by atoms with E-state index in [1.54, 1.807) is 0 Å². The van der Waals surface area contributed by atoms with Crippen molar-refractivity contribution >= 4 is 5.97 Å². The summed E-state index contributed by atoms with van der Waals surface area (Å²) in [5.41, 5.74) is -0.303. The number of rotatable bonds is 2. The molecular formula is C13H17NO4. The molecule has 1 aliphatic rings. The highest BCUT2D eigenvalue weighted by atomic mass is 16.5. The molecule has 2 rings (SSSR count). The molecule has 1 fully saturated rings. The summed E-state index contributed by atoms with van der Waals surface area (Å²) in [7, 11) is 0. The zero-order chi connectivity index (χ0) is 13.3. The third kappa shape index (κ3) is 2.61. The largest absolute Gasteiger partial charge is 0.478 e. The lowest BCUT2D eigenvalue weighted by molar-refractivity contribution is -0.0695. The number of pyridine rings is 1. The fourth-order valence-corrected chi connectivity index (χ4v) is 2.35. The van der Waals surface area contributed by atoms with E-state index >= 15 is 0 Å². The van der Waals surface area contributed by atoms with Gasteiger partial charge in [0.1, 0.15) is 0 Å². The molecule has 1 aromatic heterocycles. The van der Waals surface area contributed by atoms with E-state index < -0.39 is 5.97 Å². The molecule has 5 nitrogen and oxygen atoms in total. The summed E-state index contributed by atoms with van der Waals surface area (Å²) >= 11 is 0. The molecule has 5 heteroatoms. The van der Waals surface area contributed by atoms with Gasteiger partial charge in [-0.2, -0.15) is 0 Å². The van der Waals surface area contributed by atoms with Crippen LogP contribution in [0.3, 0.4) is 0 Å². The van der Waals surface area contributed by atoms with Crippen LogP contribution in [0.25, 0.3) is 0 Å². The van der Waals surface area contributed by atoms with E-state index in [0.717, 1.165) is 6.42 Å². The Bertz CT molecular complexity index is 518. The number of carboxylic acid groups (broad SMARTS) is 1. The van der Waals surface area contributed by atoms with Crippen LogP contribution in [0.1, 0.15) is 43.1 Å². The Labute approximate surface area is 105 Å². The van der Waals surface area contributed by atoms with E-state index in [9.17, 15) is 9.59 Å². The number of nitrogens with zero attached hydrogens (tertiary/aromatic N) is 1. The third-order valence-corrected chi connectivity index (χ3v) is 3.25. The summed E-state index contributed by atoms with van der Waals surface area (Å²) < 4.78 is 7.12. The number of carboxylic acids is 1. The van der Waals surface area contributed by atoms with Crippen molar-refractivity contribution in [2.24, 2.45) is 0 Å². The van der Waals surface area contributed by atoms with Gasteiger partial charge < -0.3 is 14.4 Å². The minimum atomic E-state index is -1.02. The molecule has 1 atom stereocenters. The molecule has 2 heterocycles. The lowest BCUT2D eigenvalue weighted by Crippen LogP contribution is -2.38. The van der Waals surface area contributed by atoms with Crippen molar-refractivity contribution in [3.8, 4) is 0 Å². The lowest BCUT2D eigenvalue weighted by Gasteiger charge is -2.36. The maximum Gasteiger partial charge on any atom is 0.337 e. The molecule has 98 valence electrons. The topological polar surface area (TPSA) is 68.5 Å². The van der Waals surface area contributed by atoms with Gasteiger partial charge in [-0.1, -0.05) is 0 Å². The van der Waals surface area contributed by atoms with E-state index in [4.69, 9.17) is 9.84 Å². The normalized spacial score (nSPS) is 22.7. The summed E-state index contributed by atoms with van der Waals surface area (Å²) in [6, 6.07) is 2.65. The van der Waals surface area contributed by atoms with Gasteiger partial charge in [0.25, 0.3) is 5.56 Å². The Hall–Kier alpha value is -1.62. The zero-order valence-electron chi connectivity index (χ0n) is 10.5. The number of aromatic nitrogens is 1. The molecule has 1 aliphatic heterocycles. The van der Waals surface area contributed by atoms with Gasteiger partial charge in [-0.05, 0) is 32.8 Å². The maximum absolute atomic E-state index is 11.8. The van der Waals surface area contributed by atoms with Gasteiger partial charge >= 0.3 is 5.97 Å². The first-order valence-corrected chi connectivity index (χ1v) is 5.98. The Kier molecular flexibility index (Phi) is 3.26. The van der Waals surface area contributed by atoms with Gasteiger partial charge in [0.2, 0.25) is 0 Å². The Morgan fingerprint density at radius 3 is 2.83 bits per heavy atom. The van der Waals surface area contributed by atoms with E-state index in [1.807, 2.05) is 13.8 Å². The first-order chi connectivity index (χ1) is 8.39. The van der Waals surface area contributed by atoms with Crippen molar-refractivity contribution < 1.29 is 14.6 Å². The quantitative estimate of drug-likeness (QED) is 0.868. The maximum atomic E-state index is 11.8. The fraction of sp³-hybridized carbons (Fsp3) is 0.538. The van der Waals surface area contributed by atoms with Gasteiger partial charge in [-0.15, -0.1) is 0 Å². The molecule has 0 bridgehead atoms. The predicted octanol–water partition coefficient (Wildman–Crippen LogP) is 1.68. The minimum Gasteiger partial charge on any atom is -0.478 e. The number of aromatic carboxylic acids is 1. The Morgan fingerprint density at radius 1 is 1.50 bits per heavy atom. The highest BCUT2D eigenvalue weighted by molar-refractivity contribution is 5.87. The van der Waals surface area contributed by atoms with Gasteiger partial charge in [0.05, 0.1) is 11.2 Å². The highest BCUT2D eigenvalue weighted by Gasteiger charge is 2.30. The molecular weight excluding hydrogens is 234 g/mol. The van der Waals surface area contributed by atoms with Crippen LogP contribution in [0.2, 0.25) is 0 Å². The van der Waals surface area contributed by atoms with Crippen LogP contribution in [0, 0.1) is 0 Å². The van der Waals surface area contributed by atoms with Crippen molar-refractivity contribution in [1.82, 2.24) is 4.57 Å². The number of hydrogen-bond donors (Lipinski definition) is 1. The Balaban J connectivity index is 2.35. The number of hydrogen-bond acceptors (Lipinski definition) is 3. The summed E-state index contributed by atoms with van der Waals surface area (Å²) in [5, 5.41) is 8.96. The molecule has 1 unspecified atom stereocenters. The van der Waals surface area contributed by atoms with E-state index in [0.29, 0.717) is 13.0 Å². The highest BCUT2D eigenvalue weighted by Crippen LogP contribution is 2.31. The molecule has 1 aromatic rings. The molecule has 0 amide bonds. The summed E-state index contributed by atoms with van der Waals surface area (Å²) in [5.74, 6) is -1.02. The standard InChI is InChI=1S/C13H17NO4/c1-13(2)7-10(5-6-18-13)14-8-9(12(16)17)3-4-11(14)15/h3-4,8,10H,5-7H2,1-2H3,(H,16,17). The smallest absolute Gasteiger partial charge is 0.337 e. The van der Waals surface area contributed by atoms with Crippen LogP contribution in [-0.2, 0) is 4.74 Å². The minimum absolute atomic E-state index is 0.000509. The van der Waals surface area contributed by atoms with E-state index in [-0.39, 0.29) is 22.8 Å². The van der Waals surface area contributed by atoms with Crippen molar-refractivity contribution in [1.29, 1.82) is 0 Å². The fourth-order valence-electron chi connectivity index (χ4n) is 2.35. The number of carbonyl (C=O) groups is 1. The summed E-state index contributed by atoms with van der Waals surface area (Å²) in [4.78, 5) is 22.8. The molecule has 1 saturated heterocycles. The molecule has 0 saturated carbocycles. The second-order valence-corrected chi connectivity index (χ2v) is 5.22. The molecule has 0 aliphatic carbocycles. The van der Waals surface area contributed by atoms with E-state index in [2.05, 4.69) is 0 Å². The second kappa shape index (κ2) is 4.57. The zero-order valence-corrected chi connectivity index (χ0v) is 10.5. The van der Waals surface area contributed by atoms with Gasteiger partial charge in [0.15, 0.2) is 0 Å². The van der Waals surface area contributed by atoms with Gasteiger partial charge in [-0.25, -0.2) is 4.79 Å². The van der Waals surface area contributed by atoms with Crippen LogP contribution < -0.4 is 5.56 Å². The van der Waals surface area contributed by atoms with E-state index in [1.165, 1.54) is 22.9 Å². The molecule has 18 heavy (non-hydrogen) atoms. The number of ether oxygens (including phenoxy) is 1. The van der Waals surface area contributed by atoms with Crippen molar-refractivity contribution in [3.05, 3.63) is 34.2 Å². The summed E-state index contributed by atoms with van der Waals surface area (Å²) in [6.45, 7) is 4.54. The molecule has 0 aromatic carbocycles. The van der Waals surface area contributed by atoms with Crippen LogP contribution in [0.4, 0.5) is 0 Å². The first kappa shape index (κ1) is 12.8. The molecule has 0 radical (unpaired) electrons. The van der Waals surface area contributed by atoms with Crippen LogP contribution >= 0.6 is 0 Å². The van der Waals surface area contributed by atoms with Gasteiger partial charge in [0, 0.05) is 24.9 Å². The Morgan fingerprint density at radius 2 is 2.22 bits per heavy atom. The average molecular weight is 251 g/mol. The summed E-state index contributed by atoms with van der Waals surface area (Å²) in [6.07, 6.45) is 2.86. The van der Waals surface area contributed by atoms with Crippen molar-refractivity contribution in [2.45, 2.75) is 38.3 Å². The molecule has 0 spiro atoms. The van der Waals surface area contributed by atoms with Crippen molar-refractivity contribution in [2.75, 3.05) is 6.61 Å². The van der Waals surface area contributed by atoms with Crippen molar-refractivity contribution in [3.63, 3.8) is 0 Å². The molecule has 1 N–H and O–H groups in total. The van der Waals surface area contributed by atoms with Crippen LogP contribution in [0.15, 0.2) is 23.1 Å². The van der Waals surface area contributed by atoms with Crippen LogP contribution in [-0.4, -0.2) is 27.9 Å². The SMILES string of the molecule is CC1(C)CC(n2cc(C(=O)O)ccc2=O)CCO1. The van der Waals surface area contributed by atoms with Gasteiger partial charge in [-0.3, -0.25) is 4.79 Å². The predicted molar refractivity (Wildman–Crippen MR) is 66.0 cm³/mol. The monoisotopic (exact) mass is 251 g/mol. The second-order valence-electron chi connectivity index (χ2n) is 5.22. The lowest BCUT2D eigenvalue weighted by atomic mass is 9.93. The first-order valence-electron chi connectivity index (χ1n) is 5.98. The average Bonchev–Trinajstić information content (AvgIpc) is 2.27. The third-order valence-electron chi connectivity index (χ3n) is 3.25.